The van der Waals surface area contributed by atoms with E-state index in [-0.39, 0.29) is 17.6 Å². The molecule has 1 aliphatic rings. The van der Waals surface area contributed by atoms with Crippen LogP contribution in [-0.2, 0) is 9.59 Å². The van der Waals surface area contributed by atoms with Gasteiger partial charge in [0.1, 0.15) is 11.7 Å². The third-order valence-electron chi connectivity index (χ3n) is 2.62. The van der Waals surface area contributed by atoms with E-state index in [0.717, 1.165) is 0 Å². The van der Waals surface area contributed by atoms with Gasteiger partial charge in [-0.05, 0) is 20.3 Å². The van der Waals surface area contributed by atoms with E-state index < -0.39 is 5.97 Å². The maximum absolute atomic E-state index is 11.5. The molecule has 0 aromatic heterocycles. The van der Waals surface area contributed by atoms with Gasteiger partial charge < -0.3 is 15.3 Å². The number of carbonyl (C=O) groups excluding carboxylic acids is 1. The molecule has 15 heavy (non-hydrogen) atoms. The van der Waals surface area contributed by atoms with Gasteiger partial charge in [0.2, 0.25) is 5.91 Å². The van der Waals surface area contributed by atoms with Crippen molar-refractivity contribution in [3.8, 4) is 0 Å². The van der Waals surface area contributed by atoms with E-state index in [0.29, 0.717) is 18.7 Å². The Morgan fingerprint density at radius 3 is 2.53 bits per heavy atom. The first-order chi connectivity index (χ1) is 7.02. The quantitative estimate of drug-likeness (QED) is 0.716. The maximum atomic E-state index is 11.5. The summed E-state index contributed by atoms with van der Waals surface area (Å²) in [5, 5.41) is 11.4. The van der Waals surface area contributed by atoms with E-state index in [4.69, 9.17) is 5.11 Å². The summed E-state index contributed by atoms with van der Waals surface area (Å²) in [4.78, 5) is 24.2. The van der Waals surface area contributed by atoms with E-state index in [1.807, 2.05) is 18.7 Å². The largest absolute Gasteiger partial charge is 0.477 e. The number of hydrogen-bond acceptors (Lipinski definition) is 3. The van der Waals surface area contributed by atoms with Crippen molar-refractivity contribution in [1.82, 2.24) is 10.2 Å². The molecule has 1 aliphatic heterocycles. The lowest BCUT2D eigenvalue weighted by molar-refractivity contribution is -0.136. The number of likely N-dealkylation sites (N-methyl/N-ethyl adjacent to an activating group) is 1. The minimum Gasteiger partial charge on any atom is -0.477 e. The highest BCUT2D eigenvalue weighted by Crippen LogP contribution is 2.20. The van der Waals surface area contributed by atoms with Crippen LogP contribution in [0.25, 0.3) is 0 Å². The topological polar surface area (TPSA) is 69.6 Å². The lowest BCUT2D eigenvalue weighted by Crippen LogP contribution is -2.51. The van der Waals surface area contributed by atoms with Gasteiger partial charge in [0.25, 0.3) is 0 Å². The summed E-state index contributed by atoms with van der Waals surface area (Å²) in [6.45, 7) is 6.19. The van der Waals surface area contributed by atoms with Crippen molar-refractivity contribution in [2.45, 2.75) is 33.2 Å². The summed E-state index contributed by atoms with van der Waals surface area (Å²) in [7, 11) is 0. The number of aliphatic carboxylic acids is 1. The molecule has 5 nitrogen and oxygen atoms in total. The molecule has 84 valence electrons. The van der Waals surface area contributed by atoms with Gasteiger partial charge in [0, 0.05) is 12.2 Å². The first-order valence-corrected chi connectivity index (χ1v) is 5.06. The van der Waals surface area contributed by atoms with Gasteiger partial charge in [-0.3, -0.25) is 4.79 Å². The summed E-state index contributed by atoms with van der Waals surface area (Å²) >= 11 is 0. The van der Waals surface area contributed by atoms with Crippen molar-refractivity contribution >= 4 is 11.9 Å². The number of hydrogen-bond donors (Lipinski definition) is 2. The average Bonchev–Trinajstić information content (AvgIpc) is 2.20. The van der Waals surface area contributed by atoms with E-state index in [9.17, 15) is 9.59 Å². The van der Waals surface area contributed by atoms with Gasteiger partial charge in [-0.15, -0.1) is 0 Å². The van der Waals surface area contributed by atoms with Gasteiger partial charge >= 0.3 is 5.97 Å². The number of carboxylic acid groups (broad SMARTS) is 1. The maximum Gasteiger partial charge on any atom is 0.354 e. The number of allylic oxidation sites excluding steroid dienone is 1. The van der Waals surface area contributed by atoms with Gasteiger partial charge in [-0.25, -0.2) is 4.79 Å². The van der Waals surface area contributed by atoms with Crippen molar-refractivity contribution in [2.75, 3.05) is 6.54 Å². The zero-order valence-corrected chi connectivity index (χ0v) is 9.20. The summed E-state index contributed by atoms with van der Waals surface area (Å²) in [6.07, 6.45) is 0.597. The van der Waals surface area contributed by atoms with Gasteiger partial charge in [0.05, 0.1) is 0 Å². The minimum atomic E-state index is -1.08. The van der Waals surface area contributed by atoms with Crippen LogP contribution in [-0.4, -0.2) is 34.5 Å². The van der Waals surface area contributed by atoms with Crippen LogP contribution in [0.2, 0.25) is 0 Å². The first kappa shape index (κ1) is 11.6. The number of carboxylic acids is 1. The molecule has 0 spiro atoms. The Hall–Kier alpha value is -1.52. The van der Waals surface area contributed by atoms with Crippen LogP contribution in [0.4, 0.5) is 0 Å². The van der Waals surface area contributed by atoms with Crippen molar-refractivity contribution in [3.05, 3.63) is 11.4 Å². The van der Waals surface area contributed by atoms with Crippen LogP contribution >= 0.6 is 0 Å². The molecule has 0 bridgehead atoms. The normalized spacial score (nSPS) is 21.7. The number of nitrogens with zero attached hydrogens (tertiary/aromatic N) is 1. The van der Waals surface area contributed by atoms with Crippen LogP contribution in [0.1, 0.15) is 27.2 Å². The molecule has 1 rings (SSSR count). The minimum absolute atomic E-state index is 0.0162. The molecule has 0 saturated heterocycles. The van der Waals surface area contributed by atoms with Crippen LogP contribution in [0.3, 0.4) is 0 Å². The smallest absolute Gasteiger partial charge is 0.354 e. The van der Waals surface area contributed by atoms with Gasteiger partial charge in [-0.1, -0.05) is 6.92 Å². The fourth-order valence-electron chi connectivity index (χ4n) is 1.84. The van der Waals surface area contributed by atoms with Gasteiger partial charge in [-0.2, -0.15) is 0 Å². The third kappa shape index (κ3) is 1.95. The number of nitrogens with one attached hydrogen (secondary N) is 1. The number of rotatable bonds is 3. The molecule has 0 saturated carbocycles. The van der Waals surface area contributed by atoms with E-state index in [1.54, 1.807) is 6.92 Å². The molecular formula is C10H16N2O3. The Morgan fingerprint density at radius 2 is 2.13 bits per heavy atom. The Labute approximate surface area is 88.8 Å². The Bertz CT molecular complexity index is 323. The van der Waals surface area contributed by atoms with E-state index in [2.05, 4.69) is 5.32 Å². The highest BCUT2D eigenvalue weighted by molar-refractivity contribution is 5.96. The Balaban J connectivity index is 3.18. The molecular weight excluding hydrogens is 196 g/mol. The van der Waals surface area contributed by atoms with Crippen molar-refractivity contribution in [1.29, 1.82) is 0 Å². The van der Waals surface area contributed by atoms with E-state index in [1.165, 1.54) is 0 Å². The second-order valence-electron chi connectivity index (χ2n) is 3.43. The molecule has 1 unspecified atom stereocenters. The predicted molar refractivity (Wildman–Crippen MR) is 54.9 cm³/mol. The van der Waals surface area contributed by atoms with Crippen LogP contribution in [0.5, 0.6) is 0 Å². The monoisotopic (exact) mass is 212 g/mol. The second-order valence-corrected chi connectivity index (χ2v) is 3.43. The summed E-state index contributed by atoms with van der Waals surface area (Å²) in [5.41, 5.74) is 0.708. The Morgan fingerprint density at radius 1 is 1.53 bits per heavy atom. The molecule has 2 N–H and O–H groups in total. The molecule has 0 aliphatic carbocycles. The molecule has 1 heterocycles. The zero-order chi connectivity index (χ0) is 11.6. The second kappa shape index (κ2) is 4.33. The molecule has 5 heteroatoms. The standard InChI is InChI=1S/C10H16N2O3/c1-4-7-8(10(14)15)11-9(13)6(3)12(7)5-2/h6H,4-5H2,1-3H3,(H,11,13)(H,14,15). The highest BCUT2D eigenvalue weighted by Gasteiger charge is 2.32. The summed E-state index contributed by atoms with van der Waals surface area (Å²) in [5.74, 6) is -1.34. The predicted octanol–water partition coefficient (Wildman–Crippen LogP) is 0.533. The summed E-state index contributed by atoms with van der Waals surface area (Å²) < 4.78 is 0. The fourth-order valence-corrected chi connectivity index (χ4v) is 1.84. The molecule has 0 aromatic carbocycles. The fraction of sp³-hybridized carbons (Fsp3) is 0.600. The third-order valence-corrected chi connectivity index (χ3v) is 2.62. The molecule has 1 amide bonds. The zero-order valence-electron chi connectivity index (χ0n) is 9.20. The van der Waals surface area contributed by atoms with E-state index >= 15 is 0 Å². The highest BCUT2D eigenvalue weighted by atomic mass is 16.4. The number of carbonyl (C=O) groups is 2. The Kier molecular flexibility index (Phi) is 3.34. The van der Waals surface area contributed by atoms with Gasteiger partial charge in [0.15, 0.2) is 0 Å². The SMILES string of the molecule is CCC1=C(C(=O)O)NC(=O)C(C)N1CC. The number of amides is 1. The molecule has 0 aromatic rings. The van der Waals surface area contributed by atoms with Crippen LogP contribution in [0.15, 0.2) is 11.4 Å². The van der Waals surface area contributed by atoms with Crippen molar-refractivity contribution in [2.24, 2.45) is 0 Å². The van der Waals surface area contributed by atoms with Crippen LogP contribution < -0.4 is 5.32 Å². The lowest BCUT2D eigenvalue weighted by Gasteiger charge is -2.36. The molecule has 0 radical (unpaired) electrons. The molecule has 1 atom stereocenters. The first-order valence-electron chi connectivity index (χ1n) is 5.06. The molecule has 0 fully saturated rings. The average molecular weight is 212 g/mol. The lowest BCUT2D eigenvalue weighted by atomic mass is 10.1. The van der Waals surface area contributed by atoms with Crippen molar-refractivity contribution in [3.63, 3.8) is 0 Å². The summed E-state index contributed by atoms with van der Waals surface area (Å²) in [6, 6.07) is -0.298. The van der Waals surface area contributed by atoms with Crippen molar-refractivity contribution < 1.29 is 14.7 Å². The van der Waals surface area contributed by atoms with Crippen LogP contribution in [0, 0.1) is 0 Å².